The predicted octanol–water partition coefficient (Wildman–Crippen LogP) is 2.66. The standard InChI is InChI=1S/C15H27N3O2/c1-10(2)9-20-13-11(16)7-8-12(17-13)18-14(3,4)15(5,6)19/h7-8,10,19H,9,16H2,1-6H3,(H,17,18). The number of hydrogen-bond donors (Lipinski definition) is 3. The lowest BCUT2D eigenvalue weighted by Crippen LogP contribution is -2.51. The Bertz CT molecular complexity index is 451. The molecule has 0 spiro atoms. The first-order valence-electron chi connectivity index (χ1n) is 6.93. The molecular formula is C15H27N3O2. The summed E-state index contributed by atoms with van der Waals surface area (Å²) < 4.78 is 5.60. The molecule has 0 radical (unpaired) electrons. The molecule has 20 heavy (non-hydrogen) atoms. The van der Waals surface area contributed by atoms with Gasteiger partial charge in [0.25, 0.3) is 0 Å². The van der Waals surface area contributed by atoms with Crippen LogP contribution in [0.2, 0.25) is 0 Å². The average molecular weight is 281 g/mol. The van der Waals surface area contributed by atoms with Crippen LogP contribution >= 0.6 is 0 Å². The van der Waals surface area contributed by atoms with Gasteiger partial charge >= 0.3 is 0 Å². The maximum atomic E-state index is 10.2. The lowest BCUT2D eigenvalue weighted by molar-refractivity contribution is 0.0238. The Labute approximate surface area is 121 Å². The highest BCUT2D eigenvalue weighted by atomic mass is 16.5. The second-order valence-electron chi connectivity index (χ2n) is 6.60. The van der Waals surface area contributed by atoms with Crippen molar-refractivity contribution in [3.8, 4) is 5.88 Å². The van der Waals surface area contributed by atoms with Crippen molar-refractivity contribution < 1.29 is 9.84 Å². The average Bonchev–Trinajstić information content (AvgIpc) is 2.27. The van der Waals surface area contributed by atoms with E-state index in [9.17, 15) is 5.11 Å². The van der Waals surface area contributed by atoms with E-state index in [0.717, 1.165) is 0 Å². The molecule has 5 nitrogen and oxygen atoms in total. The summed E-state index contributed by atoms with van der Waals surface area (Å²) in [5, 5.41) is 13.4. The molecule has 1 aromatic heterocycles. The van der Waals surface area contributed by atoms with Crippen LogP contribution in [0.25, 0.3) is 0 Å². The van der Waals surface area contributed by atoms with E-state index in [2.05, 4.69) is 24.1 Å². The van der Waals surface area contributed by atoms with E-state index < -0.39 is 11.1 Å². The van der Waals surface area contributed by atoms with Gasteiger partial charge in [0.2, 0.25) is 5.88 Å². The summed E-state index contributed by atoms with van der Waals surface area (Å²) in [7, 11) is 0. The SMILES string of the molecule is CC(C)COc1nc(NC(C)(C)C(C)(C)O)ccc1N. The summed E-state index contributed by atoms with van der Waals surface area (Å²) in [4.78, 5) is 4.37. The van der Waals surface area contributed by atoms with Crippen LogP contribution in [0.15, 0.2) is 12.1 Å². The Morgan fingerprint density at radius 2 is 1.90 bits per heavy atom. The van der Waals surface area contributed by atoms with Gasteiger partial charge in [0.15, 0.2) is 0 Å². The lowest BCUT2D eigenvalue weighted by atomic mass is 9.86. The fourth-order valence-electron chi connectivity index (χ4n) is 1.36. The third-order valence-electron chi connectivity index (χ3n) is 3.41. The van der Waals surface area contributed by atoms with Crippen LogP contribution in [-0.2, 0) is 0 Å². The van der Waals surface area contributed by atoms with Gasteiger partial charge in [0.05, 0.1) is 23.4 Å². The third-order valence-corrected chi connectivity index (χ3v) is 3.41. The summed E-state index contributed by atoms with van der Waals surface area (Å²) in [6.07, 6.45) is 0. The zero-order chi connectivity index (χ0) is 15.6. The van der Waals surface area contributed by atoms with Crippen LogP contribution in [0.4, 0.5) is 11.5 Å². The van der Waals surface area contributed by atoms with Gasteiger partial charge in [-0.25, -0.2) is 0 Å². The number of aromatic nitrogens is 1. The van der Waals surface area contributed by atoms with Crippen molar-refractivity contribution in [2.24, 2.45) is 5.92 Å². The first kappa shape index (κ1) is 16.6. The lowest BCUT2D eigenvalue weighted by Gasteiger charge is -2.38. The van der Waals surface area contributed by atoms with Crippen molar-refractivity contribution in [1.82, 2.24) is 4.98 Å². The molecule has 0 aliphatic heterocycles. The Morgan fingerprint density at radius 1 is 1.30 bits per heavy atom. The number of nitrogen functional groups attached to an aromatic ring is 1. The zero-order valence-corrected chi connectivity index (χ0v) is 13.3. The van der Waals surface area contributed by atoms with Crippen molar-refractivity contribution in [3.63, 3.8) is 0 Å². The molecule has 0 aliphatic rings. The van der Waals surface area contributed by atoms with Crippen molar-refractivity contribution in [1.29, 1.82) is 0 Å². The zero-order valence-electron chi connectivity index (χ0n) is 13.3. The van der Waals surface area contributed by atoms with Crippen LogP contribution in [0.1, 0.15) is 41.5 Å². The summed E-state index contributed by atoms with van der Waals surface area (Å²) in [6.45, 7) is 12.0. The minimum Gasteiger partial charge on any atom is -0.476 e. The van der Waals surface area contributed by atoms with Crippen LogP contribution in [-0.4, -0.2) is 27.8 Å². The summed E-state index contributed by atoms with van der Waals surface area (Å²) in [6, 6.07) is 3.54. The molecule has 0 unspecified atom stereocenters. The van der Waals surface area contributed by atoms with Gasteiger partial charge in [-0.3, -0.25) is 0 Å². The van der Waals surface area contributed by atoms with E-state index in [1.807, 2.05) is 13.8 Å². The third kappa shape index (κ3) is 4.27. The minimum atomic E-state index is -0.894. The molecule has 1 rings (SSSR count). The van der Waals surface area contributed by atoms with E-state index in [1.54, 1.807) is 26.0 Å². The van der Waals surface area contributed by atoms with Gasteiger partial charge in [0, 0.05) is 0 Å². The largest absolute Gasteiger partial charge is 0.476 e. The van der Waals surface area contributed by atoms with Gasteiger partial charge in [-0.05, 0) is 45.7 Å². The van der Waals surface area contributed by atoms with Crippen LogP contribution in [0, 0.1) is 5.92 Å². The Balaban J connectivity index is 2.90. The molecule has 0 atom stereocenters. The highest BCUT2D eigenvalue weighted by Gasteiger charge is 2.35. The molecule has 1 aromatic rings. The van der Waals surface area contributed by atoms with Crippen LogP contribution in [0.5, 0.6) is 5.88 Å². The fraction of sp³-hybridized carbons (Fsp3) is 0.667. The number of nitrogens with one attached hydrogen (secondary N) is 1. The van der Waals surface area contributed by atoms with Crippen molar-refractivity contribution in [3.05, 3.63) is 12.1 Å². The second kappa shape index (κ2) is 5.87. The molecule has 4 N–H and O–H groups in total. The molecule has 0 saturated carbocycles. The molecule has 0 aliphatic carbocycles. The molecule has 5 heteroatoms. The number of anilines is 2. The maximum Gasteiger partial charge on any atom is 0.239 e. The minimum absolute atomic E-state index is 0.403. The molecule has 0 bridgehead atoms. The van der Waals surface area contributed by atoms with Crippen LogP contribution in [0.3, 0.4) is 0 Å². The van der Waals surface area contributed by atoms with Gasteiger partial charge in [-0.15, -0.1) is 0 Å². The van der Waals surface area contributed by atoms with E-state index >= 15 is 0 Å². The van der Waals surface area contributed by atoms with Crippen molar-refractivity contribution in [2.75, 3.05) is 17.7 Å². The Hall–Kier alpha value is -1.49. The molecular weight excluding hydrogens is 254 g/mol. The van der Waals surface area contributed by atoms with Gasteiger partial charge in [0.1, 0.15) is 5.82 Å². The Kier molecular flexibility index (Phi) is 4.86. The number of aliphatic hydroxyl groups is 1. The predicted molar refractivity (Wildman–Crippen MR) is 83.0 cm³/mol. The molecule has 0 amide bonds. The smallest absolute Gasteiger partial charge is 0.239 e. The summed E-state index contributed by atoms with van der Waals surface area (Å²) in [5.74, 6) is 1.46. The van der Waals surface area contributed by atoms with Gasteiger partial charge < -0.3 is 20.9 Å². The van der Waals surface area contributed by atoms with E-state index in [-0.39, 0.29) is 0 Å². The van der Waals surface area contributed by atoms with E-state index in [1.165, 1.54) is 0 Å². The van der Waals surface area contributed by atoms with Crippen LogP contribution < -0.4 is 15.8 Å². The van der Waals surface area contributed by atoms with Gasteiger partial charge in [-0.2, -0.15) is 4.98 Å². The first-order valence-corrected chi connectivity index (χ1v) is 6.93. The molecule has 114 valence electrons. The van der Waals surface area contributed by atoms with Gasteiger partial charge in [-0.1, -0.05) is 13.8 Å². The monoisotopic (exact) mass is 281 g/mol. The summed E-state index contributed by atoms with van der Waals surface area (Å²) >= 11 is 0. The highest BCUT2D eigenvalue weighted by molar-refractivity contribution is 5.54. The topological polar surface area (TPSA) is 80.4 Å². The second-order valence-corrected chi connectivity index (χ2v) is 6.60. The quantitative estimate of drug-likeness (QED) is 0.747. The molecule has 1 heterocycles. The molecule has 0 fully saturated rings. The molecule has 0 saturated heterocycles. The normalized spacial score (nSPS) is 12.6. The van der Waals surface area contributed by atoms with Crippen molar-refractivity contribution in [2.45, 2.75) is 52.7 Å². The maximum absolute atomic E-state index is 10.2. The number of hydrogen-bond acceptors (Lipinski definition) is 5. The number of rotatable bonds is 6. The number of pyridine rings is 1. The number of ether oxygens (including phenoxy) is 1. The Morgan fingerprint density at radius 3 is 2.40 bits per heavy atom. The van der Waals surface area contributed by atoms with E-state index in [0.29, 0.717) is 29.9 Å². The number of nitrogens with two attached hydrogens (primary N) is 1. The summed E-state index contributed by atoms with van der Waals surface area (Å²) in [5.41, 5.74) is 4.94. The molecule has 0 aromatic carbocycles. The fourth-order valence-corrected chi connectivity index (χ4v) is 1.36. The first-order chi connectivity index (χ1) is 9.03. The highest BCUT2D eigenvalue weighted by Crippen LogP contribution is 2.28. The van der Waals surface area contributed by atoms with E-state index in [4.69, 9.17) is 10.5 Å². The van der Waals surface area contributed by atoms with Crippen molar-refractivity contribution >= 4 is 11.5 Å². The number of nitrogens with zero attached hydrogens (tertiary/aromatic N) is 1.